The van der Waals surface area contributed by atoms with Gasteiger partial charge in [0.1, 0.15) is 0 Å². The van der Waals surface area contributed by atoms with Gasteiger partial charge in [0.15, 0.2) is 9.84 Å². The van der Waals surface area contributed by atoms with Crippen molar-refractivity contribution in [3.05, 3.63) is 65.5 Å². The first-order valence-corrected chi connectivity index (χ1v) is 9.34. The van der Waals surface area contributed by atoms with Crippen LogP contribution in [0.3, 0.4) is 0 Å². The third-order valence-corrected chi connectivity index (χ3v) is 5.64. The molecular weight excluding hydrogens is 312 g/mol. The number of benzene rings is 1. The summed E-state index contributed by atoms with van der Waals surface area (Å²) in [6.07, 6.45) is 2.74. The van der Waals surface area contributed by atoms with Crippen molar-refractivity contribution < 1.29 is 13.2 Å². The molecule has 1 fully saturated rings. The average molecular weight is 330 g/mol. The molecule has 3 rings (SSSR count). The van der Waals surface area contributed by atoms with Gasteiger partial charge in [-0.05, 0) is 24.1 Å². The summed E-state index contributed by atoms with van der Waals surface area (Å²) in [6, 6.07) is 13.0. The first-order chi connectivity index (χ1) is 11.0. The van der Waals surface area contributed by atoms with E-state index in [0.29, 0.717) is 18.4 Å². The Bertz CT molecular complexity index is 804. The van der Waals surface area contributed by atoms with E-state index in [1.807, 2.05) is 30.3 Å². The highest BCUT2D eigenvalue weighted by Crippen LogP contribution is 2.13. The van der Waals surface area contributed by atoms with E-state index in [9.17, 15) is 13.2 Å². The lowest BCUT2D eigenvalue weighted by Crippen LogP contribution is -2.35. The van der Waals surface area contributed by atoms with Crippen LogP contribution in [0.15, 0.2) is 48.7 Å². The number of carbonyl (C=O) groups excluding carboxylic acids is 1. The van der Waals surface area contributed by atoms with Gasteiger partial charge in [0, 0.05) is 29.9 Å². The molecule has 6 heteroatoms. The Balaban J connectivity index is 1.68. The molecule has 1 N–H and O–H groups in total. The molecule has 2 heterocycles. The fraction of sp³-hybridized carbons (Fsp3) is 0.294. The monoisotopic (exact) mass is 330 g/mol. The predicted octanol–water partition coefficient (Wildman–Crippen LogP) is 1.59. The Hall–Kier alpha value is -2.21. The third-order valence-electron chi connectivity index (χ3n) is 3.87. The predicted molar refractivity (Wildman–Crippen MR) is 88.0 cm³/mol. The maximum absolute atomic E-state index is 12.3. The van der Waals surface area contributed by atoms with Crippen LogP contribution < -0.4 is 5.32 Å². The summed E-state index contributed by atoms with van der Waals surface area (Å²) in [5.41, 5.74) is 2.44. The first-order valence-electron chi connectivity index (χ1n) is 7.52. The van der Waals surface area contributed by atoms with E-state index in [-0.39, 0.29) is 23.5 Å². The maximum Gasteiger partial charge on any atom is 0.251 e. The largest absolute Gasteiger partial charge is 0.348 e. The zero-order chi connectivity index (χ0) is 16.3. The highest BCUT2D eigenvalue weighted by molar-refractivity contribution is 7.91. The minimum atomic E-state index is -3.00. The van der Waals surface area contributed by atoms with Crippen LogP contribution in [-0.2, 0) is 16.3 Å². The fourth-order valence-corrected chi connectivity index (χ4v) is 4.37. The minimum Gasteiger partial charge on any atom is -0.348 e. The molecule has 1 unspecified atom stereocenters. The number of hydrogen-bond donors (Lipinski definition) is 1. The lowest BCUT2D eigenvalue weighted by atomic mass is 10.1. The summed E-state index contributed by atoms with van der Waals surface area (Å²) in [5.74, 6) is -0.0716. The molecule has 1 aliphatic heterocycles. The van der Waals surface area contributed by atoms with E-state index in [0.717, 1.165) is 11.3 Å². The van der Waals surface area contributed by atoms with Gasteiger partial charge in [0.2, 0.25) is 0 Å². The summed E-state index contributed by atoms with van der Waals surface area (Å²) in [7, 11) is -3.00. The number of nitrogens with zero attached hydrogens (tertiary/aromatic N) is 1. The quantitative estimate of drug-likeness (QED) is 0.923. The SMILES string of the molecule is O=C(NC1CCS(=O)(=O)C1)c1ccnc(Cc2ccccc2)c1. The molecule has 0 spiro atoms. The van der Waals surface area contributed by atoms with Crippen LogP contribution in [0.5, 0.6) is 0 Å². The van der Waals surface area contributed by atoms with Crippen LogP contribution in [-0.4, -0.2) is 36.9 Å². The van der Waals surface area contributed by atoms with Gasteiger partial charge in [-0.2, -0.15) is 0 Å². The Morgan fingerprint density at radius 3 is 2.70 bits per heavy atom. The number of pyridine rings is 1. The van der Waals surface area contributed by atoms with Gasteiger partial charge in [-0.25, -0.2) is 8.42 Å². The standard InChI is InChI=1S/C17H18N2O3S/c20-17(19-15-7-9-23(21,22)12-15)14-6-8-18-16(11-14)10-13-4-2-1-3-5-13/h1-6,8,11,15H,7,9-10,12H2,(H,19,20). The Labute approximate surface area is 135 Å². The number of rotatable bonds is 4. The molecule has 1 aliphatic rings. The zero-order valence-corrected chi connectivity index (χ0v) is 13.4. The molecule has 1 saturated heterocycles. The van der Waals surface area contributed by atoms with Crippen molar-refractivity contribution >= 4 is 15.7 Å². The maximum atomic E-state index is 12.3. The van der Waals surface area contributed by atoms with Crippen molar-refractivity contribution in [2.24, 2.45) is 0 Å². The molecule has 0 aliphatic carbocycles. The van der Waals surface area contributed by atoms with Gasteiger partial charge in [0.05, 0.1) is 11.5 Å². The number of sulfone groups is 1. The number of nitrogens with one attached hydrogen (secondary N) is 1. The number of aromatic nitrogens is 1. The minimum absolute atomic E-state index is 0.0285. The Morgan fingerprint density at radius 2 is 2.00 bits per heavy atom. The smallest absolute Gasteiger partial charge is 0.251 e. The van der Waals surface area contributed by atoms with E-state index in [4.69, 9.17) is 0 Å². The summed E-state index contributed by atoms with van der Waals surface area (Å²) >= 11 is 0. The summed E-state index contributed by atoms with van der Waals surface area (Å²) in [6.45, 7) is 0. The van der Waals surface area contributed by atoms with Gasteiger partial charge in [-0.3, -0.25) is 9.78 Å². The second-order valence-corrected chi connectivity index (χ2v) is 8.00. The molecule has 120 valence electrons. The lowest BCUT2D eigenvalue weighted by molar-refractivity contribution is 0.0941. The molecule has 1 atom stereocenters. The fourth-order valence-electron chi connectivity index (χ4n) is 2.70. The Morgan fingerprint density at radius 1 is 1.22 bits per heavy atom. The molecule has 1 aromatic heterocycles. The van der Waals surface area contributed by atoms with E-state index in [2.05, 4.69) is 10.3 Å². The van der Waals surface area contributed by atoms with Gasteiger partial charge >= 0.3 is 0 Å². The number of carbonyl (C=O) groups is 1. The van der Waals surface area contributed by atoms with E-state index < -0.39 is 9.84 Å². The second kappa shape index (κ2) is 6.50. The number of hydrogen-bond acceptors (Lipinski definition) is 4. The molecular formula is C17H18N2O3S. The summed E-state index contributed by atoms with van der Waals surface area (Å²) in [5, 5.41) is 2.80. The van der Waals surface area contributed by atoms with Gasteiger partial charge < -0.3 is 5.32 Å². The van der Waals surface area contributed by atoms with Gasteiger partial charge in [0.25, 0.3) is 5.91 Å². The molecule has 0 saturated carbocycles. The van der Waals surface area contributed by atoms with Crippen molar-refractivity contribution in [2.45, 2.75) is 18.9 Å². The van der Waals surface area contributed by atoms with Crippen LogP contribution in [0, 0.1) is 0 Å². The highest BCUT2D eigenvalue weighted by Gasteiger charge is 2.29. The van der Waals surface area contributed by atoms with Crippen molar-refractivity contribution in [3.63, 3.8) is 0 Å². The van der Waals surface area contributed by atoms with E-state index >= 15 is 0 Å². The van der Waals surface area contributed by atoms with Crippen molar-refractivity contribution in [1.82, 2.24) is 10.3 Å². The van der Waals surface area contributed by atoms with Crippen molar-refractivity contribution in [2.75, 3.05) is 11.5 Å². The molecule has 0 radical (unpaired) electrons. The van der Waals surface area contributed by atoms with Crippen LogP contribution in [0.2, 0.25) is 0 Å². The topological polar surface area (TPSA) is 76.1 Å². The average Bonchev–Trinajstić information content (AvgIpc) is 2.87. The zero-order valence-electron chi connectivity index (χ0n) is 12.6. The molecule has 23 heavy (non-hydrogen) atoms. The highest BCUT2D eigenvalue weighted by atomic mass is 32.2. The third kappa shape index (κ3) is 4.16. The van der Waals surface area contributed by atoms with E-state index in [1.165, 1.54) is 0 Å². The van der Waals surface area contributed by atoms with Crippen LogP contribution in [0.25, 0.3) is 0 Å². The molecule has 2 aromatic rings. The molecule has 1 amide bonds. The van der Waals surface area contributed by atoms with Crippen molar-refractivity contribution in [3.8, 4) is 0 Å². The van der Waals surface area contributed by atoms with Crippen molar-refractivity contribution in [1.29, 1.82) is 0 Å². The van der Waals surface area contributed by atoms with Gasteiger partial charge in [-0.1, -0.05) is 30.3 Å². The van der Waals surface area contributed by atoms with Gasteiger partial charge in [-0.15, -0.1) is 0 Å². The Kier molecular flexibility index (Phi) is 4.43. The summed E-state index contributed by atoms with van der Waals surface area (Å²) < 4.78 is 22.9. The molecule has 1 aromatic carbocycles. The lowest BCUT2D eigenvalue weighted by Gasteiger charge is -2.11. The van der Waals surface area contributed by atoms with Crippen LogP contribution in [0.4, 0.5) is 0 Å². The summed E-state index contributed by atoms with van der Waals surface area (Å²) in [4.78, 5) is 16.6. The van der Waals surface area contributed by atoms with E-state index in [1.54, 1.807) is 18.3 Å². The normalized spacial score (nSPS) is 19.4. The van der Waals surface area contributed by atoms with Crippen LogP contribution in [0.1, 0.15) is 28.0 Å². The van der Waals surface area contributed by atoms with Crippen LogP contribution >= 0.6 is 0 Å². The second-order valence-electron chi connectivity index (χ2n) is 5.77. The first kappa shape index (κ1) is 15.7. The number of amides is 1. The molecule has 0 bridgehead atoms. The molecule has 5 nitrogen and oxygen atoms in total.